The number of hydrogen-bond acceptors (Lipinski definition) is 2. The smallest absolute Gasteiger partial charge is 0.119 e. The second-order valence-corrected chi connectivity index (χ2v) is 20.8. The molecule has 0 spiro atoms. The molecule has 3 aliphatic rings. The molecule has 344 valence electrons. The Morgan fingerprint density at radius 2 is 1.07 bits per heavy atom. The van der Waals surface area contributed by atoms with E-state index in [1.807, 2.05) is 0 Å². The second kappa shape index (κ2) is 17.5. The summed E-state index contributed by atoms with van der Waals surface area (Å²) >= 11 is 0. The van der Waals surface area contributed by atoms with Crippen LogP contribution in [0.2, 0.25) is 0 Å². The van der Waals surface area contributed by atoms with Crippen LogP contribution < -0.4 is 9.64 Å². The minimum absolute atomic E-state index is 0.120. The molecule has 0 fully saturated rings. The van der Waals surface area contributed by atoms with Gasteiger partial charge >= 0.3 is 0 Å². The number of fused-ring (bicyclic) bond motifs is 7. The van der Waals surface area contributed by atoms with Gasteiger partial charge in [-0.25, -0.2) is 0 Å². The van der Waals surface area contributed by atoms with Gasteiger partial charge in [0.2, 0.25) is 0 Å². The molecule has 70 heavy (non-hydrogen) atoms. The normalized spacial score (nSPS) is 16.5. The largest absolute Gasteiger partial charge is 0.489 e. The molecule has 3 unspecified atom stereocenters. The first kappa shape index (κ1) is 43.8. The SMILES string of the molecule is CCC(CC(C)c1ccc(COc2ccc(C3(c4ccc(C)cc4)c4ccccc4-c4ccc(N(c5ccccc5)c5ccc6c(c5)C(C)(C)c5ccccc5-6)cc43)cc2)cc1)c1ccc2c(c1)CC2. The fraction of sp³-hybridized carbons (Fsp3) is 0.206. The zero-order chi connectivity index (χ0) is 47.6. The molecule has 3 aliphatic carbocycles. The molecule has 0 radical (unpaired) electrons. The standard InChI is InChI=1S/C68H61NO/c1-6-48(51-28-26-50-27-29-52(50)41-51)40-46(3)49-24-22-47(23-25-49)44-70-58-36-32-54(33-37-58)68(53-30-20-45(2)21-31-53)64-19-13-11-17-60(64)62-39-35-57(43-66(62)68)69(55-14-8-7-9-15-55)56-34-38-61-59-16-10-12-18-63(59)67(4,5)65(61)42-56/h7-26,28,30-39,41-43,46,48H,6,27,29,40,44H2,1-5H3. The molecule has 0 saturated heterocycles. The van der Waals surface area contributed by atoms with Crippen LogP contribution in [0.5, 0.6) is 5.75 Å². The van der Waals surface area contributed by atoms with Crippen LogP contribution in [0.4, 0.5) is 17.1 Å². The van der Waals surface area contributed by atoms with Gasteiger partial charge < -0.3 is 9.64 Å². The van der Waals surface area contributed by atoms with Crippen LogP contribution in [-0.2, 0) is 30.3 Å². The molecule has 3 atom stereocenters. The third kappa shape index (κ3) is 7.30. The lowest BCUT2D eigenvalue weighted by molar-refractivity contribution is 0.306. The number of aryl methyl sites for hydroxylation is 3. The van der Waals surface area contributed by atoms with Crippen LogP contribution in [0.25, 0.3) is 22.3 Å². The van der Waals surface area contributed by atoms with Gasteiger partial charge in [-0.1, -0.05) is 191 Å². The number of ether oxygens (including phenoxy) is 1. The van der Waals surface area contributed by atoms with Gasteiger partial charge in [0.15, 0.2) is 0 Å². The highest BCUT2D eigenvalue weighted by Crippen LogP contribution is 2.58. The van der Waals surface area contributed by atoms with E-state index in [1.165, 1.54) is 90.7 Å². The third-order valence-corrected chi connectivity index (χ3v) is 16.3. The number of benzene rings is 9. The van der Waals surface area contributed by atoms with E-state index in [2.05, 4.69) is 246 Å². The van der Waals surface area contributed by atoms with E-state index >= 15 is 0 Å². The average Bonchev–Trinajstić information content (AvgIpc) is 3.81. The Kier molecular flexibility index (Phi) is 11.0. The second-order valence-electron chi connectivity index (χ2n) is 20.8. The molecule has 12 rings (SSSR count). The van der Waals surface area contributed by atoms with Crippen LogP contribution in [0.1, 0.15) is 119 Å². The number of rotatable bonds is 13. The lowest BCUT2D eigenvalue weighted by Gasteiger charge is -2.35. The maximum absolute atomic E-state index is 6.58. The van der Waals surface area contributed by atoms with Crippen molar-refractivity contribution in [2.24, 2.45) is 0 Å². The quantitative estimate of drug-likeness (QED) is 0.114. The first-order valence-corrected chi connectivity index (χ1v) is 25.6. The summed E-state index contributed by atoms with van der Waals surface area (Å²) in [6.45, 7) is 12.1. The van der Waals surface area contributed by atoms with E-state index in [1.54, 1.807) is 11.1 Å². The summed E-state index contributed by atoms with van der Waals surface area (Å²) in [7, 11) is 0. The number of anilines is 3. The van der Waals surface area contributed by atoms with E-state index in [0.29, 0.717) is 18.4 Å². The Balaban J connectivity index is 0.879. The lowest BCUT2D eigenvalue weighted by atomic mass is 9.67. The molecular weight excluding hydrogens is 847 g/mol. The molecule has 0 aliphatic heterocycles. The molecular formula is C68H61NO. The molecule has 0 bridgehead atoms. The molecule has 0 aromatic heterocycles. The van der Waals surface area contributed by atoms with Crippen molar-refractivity contribution in [3.8, 4) is 28.0 Å². The predicted molar refractivity (Wildman–Crippen MR) is 291 cm³/mol. The fourth-order valence-corrected chi connectivity index (χ4v) is 12.3. The van der Waals surface area contributed by atoms with Crippen molar-refractivity contribution < 1.29 is 4.74 Å². The Labute approximate surface area is 415 Å². The molecule has 0 amide bonds. The molecule has 2 heteroatoms. The molecule has 0 N–H and O–H groups in total. The molecule has 0 saturated carbocycles. The summed E-state index contributed by atoms with van der Waals surface area (Å²) in [5.74, 6) is 1.92. The summed E-state index contributed by atoms with van der Waals surface area (Å²) in [4.78, 5) is 2.45. The van der Waals surface area contributed by atoms with Crippen LogP contribution >= 0.6 is 0 Å². The van der Waals surface area contributed by atoms with Crippen molar-refractivity contribution in [2.45, 2.75) is 89.6 Å². The fourth-order valence-electron chi connectivity index (χ4n) is 12.3. The first-order valence-electron chi connectivity index (χ1n) is 25.6. The summed E-state index contributed by atoms with van der Waals surface area (Å²) in [6, 6.07) is 77.5. The Bertz CT molecular complexity index is 3380. The number of nitrogens with zero attached hydrogens (tertiary/aromatic N) is 1. The Morgan fingerprint density at radius 3 is 1.73 bits per heavy atom. The van der Waals surface area contributed by atoms with Crippen LogP contribution in [0.15, 0.2) is 206 Å². The van der Waals surface area contributed by atoms with Crippen molar-refractivity contribution in [1.29, 1.82) is 0 Å². The lowest BCUT2D eigenvalue weighted by Crippen LogP contribution is -2.29. The summed E-state index contributed by atoms with van der Waals surface area (Å²) in [6.07, 6.45) is 4.80. The predicted octanol–water partition coefficient (Wildman–Crippen LogP) is 17.5. The van der Waals surface area contributed by atoms with Crippen molar-refractivity contribution in [3.63, 3.8) is 0 Å². The molecule has 2 nitrogen and oxygen atoms in total. The highest BCUT2D eigenvalue weighted by Gasteiger charge is 2.46. The maximum Gasteiger partial charge on any atom is 0.119 e. The topological polar surface area (TPSA) is 12.5 Å². The molecule has 9 aromatic carbocycles. The summed E-state index contributed by atoms with van der Waals surface area (Å²) in [5, 5.41) is 0. The van der Waals surface area contributed by atoms with Crippen molar-refractivity contribution in [3.05, 3.63) is 273 Å². The van der Waals surface area contributed by atoms with E-state index in [0.717, 1.165) is 35.7 Å². The maximum atomic E-state index is 6.58. The van der Waals surface area contributed by atoms with E-state index in [-0.39, 0.29) is 5.41 Å². The van der Waals surface area contributed by atoms with E-state index in [4.69, 9.17) is 4.74 Å². The Hall–Kier alpha value is -7.42. The van der Waals surface area contributed by atoms with Gasteiger partial charge in [0.25, 0.3) is 0 Å². The minimum atomic E-state index is -0.581. The van der Waals surface area contributed by atoms with Gasteiger partial charge in [0.1, 0.15) is 12.4 Å². The van der Waals surface area contributed by atoms with Gasteiger partial charge in [0.05, 0.1) is 5.41 Å². The van der Waals surface area contributed by atoms with Gasteiger partial charge in [0, 0.05) is 22.5 Å². The monoisotopic (exact) mass is 907 g/mol. The zero-order valence-corrected chi connectivity index (χ0v) is 41.2. The van der Waals surface area contributed by atoms with Crippen LogP contribution in [0, 0.1) is 6.92 Å². The number of hydrogen-bond donors (Lipinski definition) is 0. The van der Waals surface area contributed by atoms with Gasteiger partial charge in [-0.15, -0.1) is 0 Å². The Morgan fingerprint density at radius 1 is 0.500 bits per heavy atom. The summed E-state index contributed by atoms with van der Waals surface area (Å²) < 4.78 is 6.58. The molecule has 0 heterocycles. The van der Waals surface area contributed by atoms with E-state index in [9.17, 15) is 0 Å². The number of para-hydroxylation sites is 1. The van der Waals surface area contributed by atoms with Crippen molar-refractivity contribution in [1.82, 2.24) is 0 Å². The van der Waals surface area contributed by atoms with Gasteiger partial charge in [-0.2, -0.15) is 0 Å². The van der Waals surface area contributed by atoms with Crippen LogP contribution in [0.3, 0.4) is 0 Å². The van der Waals surface area contributed by atoms with Gasteiger partial charge in [-0.3, -0.25) is 0 Å². The van der Waals surface area contributed by atoms with Crippen molar-refractivity contribution in [2.75, 3.05) is 4.90 Å². The highest BCUT2D eigenvalue weighted by molar-refractivity contribution is 5.91. The summed E-state index contributed by atoms with van der Waals surface area (Å²) in [5.41, 5.74) is 24.1. The third-order valence-electron chi connectivity index (χ3n) is 16.3. The van der Waals surface area contributed by atoms with Gasteiger partial charge in [-0.05, 0) is 176 Å². The minimum Gasteiger partial charge on any atom is -0.489 e. The van der Waals surface area contributed by atoms with Crippen molar-refractivity contribution >= 4 is 17.1 Å². The first-order chi connectivity index (χ1) is 34.2. The average molecular weight is 908 g/mol. The van der Waals surface area contributed by atoms with Crippen LogP contribution in [-0.4, -0.2) is 0 Å². The molecule has 9 aromatic rings. The highest BCUT2D eigenvalue weighted by atomic mass is 16.5. The zero-order valence-electron chi connectivity index (χ0n) is 41.2. The van der Waals surface area contributed by atoms with E-state index < -0.39 is 5.41 Å².